The molecule has 0 aromatic rings. The minimum absolute atomic E-state index is 0.236. The van der Waals surface area contributed by atoms with Gasteiger partial charge in [-0.2, -0.15) is 0 Å². The molecule has 17 unspecified atom stereocenters. The van der Waals surface area contributed by atoms with Gasteiger partial charge in [0.15, 0.2) is 18.9 Å². The van der Waals surface area contributed by atoms with Crippen LogP contribution >= 0.6 is 0 Å². The zero-order valence-corrected chi connectivity index (χ0v) is 72.2. The number of unbranched alkanes of at least 4 members (excludes halogenated alkanes) is 36. The van der Waals surface area contributed by atoms with Crippen LogP contribution < -0.4 is 5.32 Å². The van der Waals surface area contributed by atoms with Crippen LogP contribution in [0.2, 0.25) is 0 Å². The molecule has 3 aliphatic rings. The third-order valence-electron chi connectivity index (χ3n) is 22.2. The van der Waals surface area contributed by atoms with Crippen LogP contribution in [0.4, 0.5) is 0 Å². The molecule has 19 heteroatoms. The van der Waals surface area contributed by atoms with Gasteiger partial charge in [0.2, 0.25) is 5.91 Å². The molecule has 3 aliphatic heterocycles. The van der Waals surface area contributed by atoms with E-state index in [1.54, 1.807) is 0 Å². The molecule has 3 rings (SSSR count). The van der Waals surface area contributed by atoms with Crippen molar-refractivity contribution in [2.45, 2.75) is 446 Å². The van der Waals surface area contributed by atoms with E-state index >= 15 is 0 Å². The first-order chi connectivity index (χ1) is 56.8. The van der Waals surface area contributed by atoms with Gasteiger partial charge in [-0.05, 0) is 96.3 Å². The number of rotatable bonds is 74. The number of allylic oxidation sites excluding steroid dienone is 22. The van der Waals surface area contributed by atoms with E-state index in [1.807, 2.05) is 0 Å². The number of hydrogen-bond acceptors (Lipinski definition) is 18. The molecule has 0 aromatic heterocycles. The average Bonchev–Trinajstić information content (AvgIpc) is 0.779. The summed E-state index contributed by atoms with van der Waals surface area (Å²) in [5.41, 5.74) is 0. The molecule has 0 bridgehead atoms. The summed E-state index contributed by atoms with van der Waals surface area (Å²) in [6, 6.07) is -0.911. The van der Waals surface area contributed by atoms with Crippen LogP contribution in [0.25, 0.3) is 0 Å². The number of amides is 1. The van der Waals surface area contributed by atoms with E-state index < -0.39 is 124 Å². The van der Waals surface area contributed by atoms with Crippen LogP contribution in [-0.4, -0.2) is 193 Å². The molecule has 19 nitrogen and oxygen atoms in total. The van der Waals surface area contributed by atoms with Gasteiger partial charge in [0, 0.05) is 6.42 Å². The van der Waals surface area contributed by atoms with E-state index in [4.69, 9.17) is 28.4 Å². The lowest BCUT2D eigenvalue weighted by atomic mass is 9.96. The van der Waals surface area contributed by atoms with Gasteiger partial charge in [-0.15, -0.1) is 0 Å². The minimum atomic E-state index is -1.98. The summed E-state index contributed by atoms with van der Waals surface area (Å²) < 4.78 is 34.6. The predicted molar refractivity (Wildman–Crippen MR) is 470 cm³/mol. The SMILES string of the molecule is CC/C=C\C/C=C\C/C=C\C/C=C\C/C=C\C/C=C\C/C=C\C/C=C\C/C=C\C/C=C\C/C=C\CCCCCCCC(=O)NC(COC1OC(CO)C(OC2OC(CO)C(OC3OC(CO)C(O)C(O)C3O)C(O)C2O)C(O)C1O)C(O)CCCCCCCCCCCCCCCCCCCCCCCCCCCCCCCCCC. The average molecular weight is 1640 g/mol. The highest BCUT2D eigenvalue weighted by molar-refractivity contribution is 5.76. The maximum atomic E-state index is 13.5. The summed E-state index contributed by atoms with van der Waals surface area (Å²) in [7, 11) is 0. The Labute approximate surface area is 702 Å². The van der Waals surface area contributed by atoms with Gasteiger partial charge in [0.25, 0.3) is 0 Å². The van der Waals surface area contributed by atoms with Gasteiger partial charge in [0.05, 0.1) is 38.6 Å². The molecule has 0 saturated carbocycles. The number of carbonyl (C=O) groups excluding carboxylic acids is 1. The Morgan fingerprint density at radius 2 is 0.595 bits per heavy atom. The molecule has 3 saturated heterocycles. The zero-order chi connectivity index (χ0) is 83.8. The van der Waals surface area contributed by atoms with Crippen LogP contribution in [0.5, 0.6) is 0 Å². The van der Waals surface area contributed by atoms with Crippen molar-refractivity contribution in [1.29, 1.82) is 0 Å². The lowest BCUT2D eigenvalue weighted by Crippen LogP contribution is -2.66. The lowest BCUT2D eigenvalue weighted by molar-refractivity contribution is -0.379. The summed E-state index contributed by atoms with van der Waals surface area (Å²) in [6.45, 7) is 1.71. The molecule has 3 heterocycles. The minimum Gasteiger partial charge on any atom is -0.394 e. The van der Waals surface area contributed by atoms with E-state index in [0.29, 0.717) is 12.8 Å². The highest BCUT2D eigenvalue weighted by atomic mass is 16.8. The van der Waals surface area contributed by atoms with Gasteiger partial charge in [0.1, 0.15) is 73.2 Å². The van der Waals surface area contributed by atoms with Gasteiger partial charge in [-0.25, -0.2) is 0 Å². The molecule has 1 amide bonds. The van der Waals surface area contributed by atoms with Crippen molar-refractivity contribution < 1.29 is 89.4 Å². The Kier molecular flexibility index (Phi) is 68.4. The lowest BCUT2D eigenvalue weighted by Gasteiger charge is -2.48. The maximum Gasteiger partial charge on any atom is 0.220 e. The van der Waals surface area contributed by atoms with Crippen molar-refractivity contribution in [3.63, 3.8) is 0 Å². The highest BCUT2D eigenvalue weighted by Gasteiger charge is 2.54. The van der Waals surface area contributed by atoms with E-state index in [9.17, 15) is 61.0 Å². The van der Waals surface area contributed by atoms with E-state index in [1.165, 1.54) is 180 Å². The quantitative estimate of drug-likeness (QED) is 0.0199. The van der Waals surface area contributed by atoms with E-state index in [0.717, 1.165) is 128 Å². The normalized spacial score (nSPS) is 25.1. The van der Waals surface area contributed by atoms with Gasteiger partial charge in [-0.3, -0.25) is 4.79 Å². The molecular formula is C97H167NO18. The Morgan fingerprint density at radius 1 is 0.319 bits per heavy atom. The van der Waals surface area contributed by atoms with Crippen LogP contribution in [0.15, 0.2) is 134 Å². The van der Waals surface area contributed by atoms with Crippen molar-refractivity contribution in [2.75, 3.05) is 26.4 Å². The number of carbonyl (C=O) groups is 1. The standard InChI is InChI=1S/C97H167NO18/c1-3-5-7-9-11-13-15-17-19-21-23-25-27-29-31-33-35-37-38-39-40-41-42-43-45-47-49-51-53-55-57-59-61-63-65-67-69-71-73-75-85(103)98-80(81(102)74-72-70-68-66-64-62-60-58-56-54-52-50-48-46-44-36-34-32-30-28-26-24-22-20-18-16-14-12-10-8-6-4-2)79-111-95-91(109)88(106)93(83(77-100)113-95)116-97-92(110)89(107)94(84(78-101)114-97)115-96-90(108)87(105)86(104)82(76-99)112-96/h5,7,11,13,17,19,23,25,29,31,35,37,39-40,42-43,47,49,53,55,59,61,80-84,86-97,99-102,104-110H,3-4,6,8-10,12,14-16,18,20-22,24,26-28,30,32-34,36,38,41,44-46,48,50-52,54,56-58,60,62-79H2,1-2H3,(H,98,103)/b7-5-,13-11-,19-17-,25-23-,31-29-,37-35-,40-39-,43-42-,49-47-,55-53-,61-59-. The second kappa shape index (κ2) is 74.7. The van der Waals surface area contributed by atoms with Crippen LogP contribution in [-0.2, 0) is 33.2 Å². The Bertz CT molecular complexity index is 2620. The van der Waals surface area contributed by atoms with Crippen LogP contribution in [0, 0.1) is 0 Å². The van der Waals surface area contributed by atoms with E-state index in [-0.39, 0.29) is 18.9 Å². The third-order valence-corrected chi connectivity index (χ3v) is 22.2. The fourth-order valence-electron chi connectivity index (χ4n) is 14.9. The van der Waals surface area contributed by atoms with E-state index in [2.05, 4.69) is 153 Å². The van der Waals surface area contributed by atoms with Crippen molar-refractivity contribution in [2.24, 2.45) is 0 Å². The summed E-state index contributed by atoms with van der Waals surface area (Å²) in [4.78, 5) is 13.5. The largest absolute Gasteiger partial charge is 0.394 e. The Hall–Kier alpha value is -4.07. The number of hydrogen-bond donors (Lipinski definition) is 12. The first-order valence-corrected chi connectivity index (χ1v) is 46.4. The summed E-state index contributed by atoms with van der Waals surface area (Å²) in [6.07, 6.45) is 81.2. The highest BCUT2D eigenvalue weighted by Crippen LogP contribution is 2.34. The fraction of sp³-hybridized carbons (Fsp3) is 0.763. The number of aliphatic hydroxyl groups excluding tert-OH is 11. The second-order valence-corrected chi connectivity index (χ2v) is 32.4. The zero-order valence-electron chi connectivity index (χ0n) is 72.2. The number of ether oxygens (including phenoxy) is 6. The molecule has 116 heavy (non-hydrogen) atoms. The third kappa shape index (κ3) is 52.3. The fourth-order valence-corrected chi connectivity index (χ4v) is 14.9. The molecule has 17 atom stereocenters. The number of aliphatic hydroxyl groups is 11. The van der Waals surface area contributed by atoms with Gasteiger partial charge >= 0.3 is 0 Å². The Balaban J connectivity index is 1.33. The molecular weight excluding hydrogens is 1470 g/mol. The predicted octanol–water partition coefficient (Wildman–Crippen LogP) is 18.4. The molecule has 668 valence electrons. The van der Waals surface area contributed by atoms with Crippen molar-refractivity contribution >= 4 is 5.91 Å². The van der Waals surface area contributed by atoms with Crippen molar-refractivity contribution in [1.82, 2.24) is 5.32 Å². The first kappa shape index (κ1) is 106. The van der Waals surface area contributed by atoms with Crippen LogP contribution in [0.3, 0.4) is 0 Å². The Morgan fingerprint density at radius 3 is 0.931 bits per heavy atom. The monoisotopic (exact) mass is 1630 g/mol. The summed E-state index contributed by atoms with van der Waals surface area (Å²) in [5, 5.41) is 121. The number of nitrogens with one attached hydrogen (secondary N) is 1. The molecule has 0 spiro atoms. The van der Waals surface area contributed by atoms with Crippen LogP contribution in [0.1, 0.15) is 341 Å². The molecule has 0 radical (unpaired) electrons. The molecule has 3 fully saturated rings. The van der Waals surface area contributed by atoms with Crippen molar-refractivity contribution in [3.8, 4) is 0 Å². The second-order valence-electron chi connectivity index (χ2n) is 32.4. The molecule has 12 N–H and O–H groups in total. The van der Waals surface area contributed by atoms with Crippen molar-refractivity contribution in [3.05, 3.63) is 134 Å². The van der Waals surface area contributed by atoms with Gasteiger partial charge < -0.3 is 89.9 Å². The maximum absolute atomic E-state index is 13.5. The summed E-state index contributed by atoms with van der Waals surface area (Å²) in [5.74, 6) is -0.263. The first-order valence-electron chi connectivity index (χ1n) is 46.4. The topological polar surface area (TPSA) is 307 Å². The summed E-state index contributed by atoms with van der Waals surface area (Å²) >= 11 is 0. The molecule has 0 aromatic carbocycles. The molecule has 0 aliphatic carbocycles. The smallest absolute Gasteiger partial charge is 0.220 e. The van der Waals surface area contributed by atoms with Gasteiger partial charge in [-0.1, -0.05) is 372 Å².